The molecule has 0 saturated heterocycles. The third-order valence-electron chi connectivity index (χ3n) is 2.87. The first-order valence-corrected chi connectivity index (χ1v) is 5.81. The molecular formula is C13H18F3NO2. The third kappa shape index (κ3) is 4.49. The number of methoxy groups -OCH3 is 2. The summed E-state index contributed by atoms with van der Waals surface area (Å²) < 4.78 is 48.1. The monoisotopic (exact) mass is 277 g/mol. The van der Waals surface area contributed by atoms with Crippen molar-refractivity contribution >= 4 is 0 Å². The van der Waals surface area contributed by atoms with Gasteiger partial charge >= 0.3 is 6.18 Å². The number of hydrogen-bond acceptors (Lipinski definition) is 3. The van der Waals surface area contributed by atoms with Crippen LogP contribution in [0.2, 0.25) is 0 Å². The molecule has 0 bridgehead atoms. The van der Waals surface area contributed by atoms with Gasteiger partial charge in [0.15, 0.2) is 6.29 Å². The van der Waals surface area contributed by atoms with Crippen LogP contribution in [-0.2, 0) is 22.1 Å². The lowest BCUT2D eigenvalue weighted by atomic mass is 10.0. The van der Waals surface area contributed by atoms with Crippen molar-refractivity contribution in [1.82, 2.24) is 5.32 Å². The Bertz CT molecular complexity index is 392. The molecule has 1 unspecified atom stereocenters. The Labute approximate surface area is 110 Å². The van der Waals surface area contributed by atoms with E-state index < -0.39 is 18.0 Å². The van der Waals surface area contributed by atoms with Gasteiger partial charge in [-0.25, -0.2) is 0 Å². The summed E-state index contributed by atoms with van der Waals surface area (Å²) in [4.78, 5) is 0. The first-order chi connectivity index (χ1) is 8.92. The van der Waals surface area contributed by atoms with Crippen molar-refractivity contribution in [2.45, 2.75) is 24.9 Å². The van der Waals surface area contributed by atoms with Gasteiger partial charge in [0.05, 0.1) is 11.6 Å². The third-order valence-corrected chi connectivity index (χ3v) is 2.87. The van der Waals surface area contributed by atoms with Crippen molar-refractivity contribution in [2.24, 2.45) is 0 Å². The molecule has 0 aliphatic rings. The van der Waals surface area contributed by atoms with Crippen molar-refractivity contribution in [1.29, 1.82) is 0 Å². The standard InChI is InChI=1S/C13H18F3NO2/c1-17-11(12(18-2)19-3)8-9-5-4-6-10(7-9)13(14,15)16/h4-7,11-12,17H,8H2,1-3H3. The topological polar surface area (TPSA) is 30.5 Å². The fourth-order valence-electron chi connectivity index (χ4n) is 1.89. The van der Waals surface area contributed by atoms with E-state index in [0.29, 0.717) is 12.0 Å². The van der Waals surface area contributed by atoms with Crippen LogP contribution in [0.15, 0.2) is 24.3 Å². The van der Waals surface area contributed by atoms with Gasteiger partial charge in [0.1, 0.15) is 0 Å². The Hall–Kier alpha value is -1.11. The molecule has 0 fully saturated rings. The second-order valence-corrected chi connectivity index (χ2v) is 4.14. The highest BCUT2D eigenvalue weighted by Gasteiger charge is 2.30. The molecule has 1 atom stereocenters. The second-order valence-electron chi connectivity index (χ2n) is 4.14. The highest BCUT2D eigenvalue weighted by Crippen LogP contribution is 2.29. The maximum atomic E-state index is 12.6. The van der Waals surface area contributed by atoms with Gasteiger partial charge in [0.2, 0.25) is 0 Å². The largest absolute Gasteiger partial charge is 0.416 e. The van der Waals surface area contributed by atoms with Gasteiger partial charge in [-0.2, -0.15) is 13.2 Å². The molecule has 0 radical (unpaired) electrons. The summed E-state index contributed by atoms with van der Waals surface area (Å²) in [7, 11) is 4.69. The summed E-state index contributed by atoms with van der Waals surface area (Å²) in [6.45, 7) is 0. The van der Waals surface area contributed by atoms with Gasteiger partial charge < -0.3 is 14.8 Å². The zero-order valence-electron chi connectivity index (χ0n) is 11.1. The van der Waals surface area contributed by atoms with Crippen LogP contribution < -0.4 is 5.32 Å². The Kier molecular flexibility index (Phi) is 5.78. The zero-order chi connectivity index (χ0) is 14.5. The summed E-state index contributed by atoms with van der Waals surface area (Å²) in [5, 5.41) is 2.98. The molecule has 0 spiro atoms. The molecular weight excluding hydrogens is 259 g/mol. The molecule has 0 aliphatic carbocycles. The fraction of sp³-hybridized carbons (Fsp3) is 0.538. The molecule has 1 aromatic carbocycles. The van der Waals surface area contributed by atoms with Crippen LogP contribution in [0.3, 0.4) is 0 Å². The van der Waals surface area contributed by atoms with E-state index in [9.17, 15) is 13.2 Å². The van der Waals surface area contributed by atoms with Crippen LogP contribution in [-0.4, -0.2) is 33.6 Å². The number of rotatable bonds is 6. The number of halogens is 3. The minimum absolute atomic E-state index is 0.224. The molecule has 0 amide bonds. The summed E-state index contributed by atoms with van der Waals surface area (Å²) in [5.74, 6) is 0. The molecule has 0 saturated carbocycles. The average molecular weight is 277 g/mol. The Balaban J connectivity index is 2.86. The van der Waals surface area contributed by atoms with E-state index in [4.69, 9.17) is 9.47 Å². The molecule has 3 nitrogen and oxygen atoms in total. The van der Waals surface area contributed by atoms with Crippen LogP contribution in [0.25, 0.3) is 0 Å². The quantitative estimate of drug-likeness (QED) is 0.810. The van der Waals surface area contributed by atoms with E-state index in [1.54, 1.807) is 13.1 Å². The molecule has 1 aromatic rings. The minimum Gasteiger partial charge on any atom is -0.354 e. The smallest absolute Gasteiger partial charge is 0.354 e. The molecule has 1 rings (SSSR count). The number of ether oxygens (including phenoxy) is 2. The lowest BCUT2D eigenvalue weighted by molar-refractivity contribution is -0.137. The highest BCUT2D eigenvalue weighted by molar-refractivity contribution is 5.26. The van der Waals surface area contributed by atoms with Crippen LogP contribution in [0, 0.1) is 0 Å². The maximum Gasteiger partial charge on any atom is 0.416 e. The van der Waals surface area contributed by atoms with Crippen molar-refractivity contribution in [3.8, 4) is 0 Å². The molecule has 0 heterocycles. The van der Waals surface area contributed by atoms with Crippen molar-refractivity contribution < 1.29 is 22.6 Å². The van der Waals surface area contributed by atoms with E-state index in [1.807, 2.05) is 0 Å². The van der Waals surface area contributed by atoms with Gasteiger partial charge in [-0.05, 0) is 25.1 Å². The lowest BCUT2D eigenvalue weighted by Gasteiger charge is -2.24. The van der Waals surface area contributed by atoms with Gasteiger partial charge in [0, 0.05) is 14.2 Å². The number of alkyl halides is 3. The van der Waals surface area contributed by atoms with Gasteiger partial charge in [-0.15, -0.1) is 0 Å². The number of hydrogen-bond donors (Lipinski definition) is 1. The van der Waals surface area contributed by atoms with Gasteiger partial charge in [-0.3, -0.25) is 0 Å². The van der Waals surface area contributed by atoms with Crippen LogP contribution in [0.1, 0.15) is 11.1 Å². The summed E-state index contributed by atoms with van der Waals surface area (Å²) >= 11 is 0. The molecule has 1 N–H and O–H groups in total. The molecule has 19 heavy (non-hydrogen) atoms. The summed E-state index contributed by atoms with van der Waals surface area (Å²) in [5.41, 5.74) is -0.0699. The summed E-state index contributed by atoms with van der Waals surface area (Å²) in [6.07, 6.45) is -4.46. The average Bonchev–Trinajstić information content (AvgIpc) is 2.38. The Morgan fingerprint density at radius 1 is 1.21 bits per heavy atom. The van der Waals surface area contributed by atoms with Crippen LogP contribution in [0.4, 0.5) is 13.2 Å². The van der Waals surface area contributed by atoms with Crippen molar-refractivity contribution in [3.05, 3.63) is 35.4 Å². The van der Waals surface area contributed by atoms with Gasteiger partial charge in [-0.1, -0.05) is 18.2 Å². The van der Waals surface area contributed by atoms with Crippen LogP contribution >= 0.6 is 0 Å². The Morgan fingerprint density at radius 2 is 1.84 bits per heavy atom. The minimum atomic E-state index is -4.33. The van der Waals surface area contributed by atoms with E-state index in [0.717, 1.165) is 12.1 Å². The predicted octanol–water partition coefficient (Wildman–Crippen LogP) is 2.45. The molecule has 0 aliphatic heterocycles. The lowest BCUT2D eigenvalue weighted by Crippen LogP contribution is -2.41. The van der Waals surface area contributed by atoms with E-state index in [2.05, 4.69) is 5.32 Å². The SMILES string of the molecule is CNC(Cc1cccc(C(F)(F)F)c1)C(OC)OC. The molecule has 6 heteroatoms. The van der Waals surface area contributed by atoms with E-state index in [-0.39, 0.29) is 6.04 Å². The number of nitrogens with one attached hydrogen (secondary N) is 1. The van der Waals surface area contributed by atoms with E-state index in [1.165, 1.54) is 20.3 Å². The highest BCUT2D eigenvalue weighted by atomic mass is 19.4. The number of benzene rings is 1. The van der Waals surface area contributed by atoms with Crippen LogP contribution in [0.5, 0.6) is 0 Å². The van der Waals surface area contributed by atoms with Crippen molar-refractivity contribution in [2.75, 3.05) is 21.3 Å². The second kappa shape index (κ2) is 6.88. The number of likely N-dealkylation sites (N-methyl/N-ethyl adjacent to an activating group) is 1. The van der Waals surface area contributed by atoms with E-state index >= 15 is 0 Å². The Morgan fingerprint density at radius 3 is 2.32 bits per heavy atom. The molecule has 0 aromatic heterocycles. The molecule has 108 valence electrons. The first kappa shape index (κ1) is 15.9. The summed E-state index contributed by atoms with van der Waals surface area (Å²) in [6, 6.07) is 5.04. The van der Waals surface area contributed by atoms with Gasteiger partial charge in [0.25, 0.3) is 0 Å². The first-order valence-electron chi connectivity index (χ1n) is 5.81. The fourth-order valence-corrected chi connectivity index (χ4v) is 1.89. The predicted molar refractivity (Wildman–Crippen MR) is 65.8 cm³/mol. The maximum absolute atomic E-state index is 12.6. The zero-order valence-corrected chi connectivity index (χ0v) is 11.1. The normalized spacial score (nSPS) is 13.8. The van der Waals surface area contributed by atoms with Crippen molar-refractivity contribution in [3.63, 3.8) is 0 Å².